The van der Waals surface area contributed by atoms with Crippen LogP contribution >= 0.6 is 11.6 Å². The smallest absolute Gasteiger partial charge is 0.255 e. The first kappa shape index (κ1) is 15.7. The summed E-state index contributed by atoms with van der Waals surface area (Å²) in [6.07, 6.45) is 4.23. The largest absolute Gasteiger partial charge is 0.489 e. The molecule has 0 radical (unpaired) electrons. The fourth-order valence-electron chi connectivity index (χ4n) is 2.79. The van der Waals surface area contributed by atoms with E-state index in [1.807, 2.05) is 24.3 Å². The van der Waals surface area contributed by atoms with Gasteiger partial charge in [-0.3, -0.25) is 9.78 Å². The Morgan fingerprint density at radius 1 is 1.16 bits per heavy atom. The Labute approximate surface area is 149 Å². The first-order valence-electron chi connectivity index (χ1n) is 7.95. The second-order valence-electron chi connectivity index (χ2n) is 5.69. The van der Waals surface area contributed by atoms with Crippen molar-refractivity contribution in [2.75, 3.05) is 18.5 Å². The number of rotatable bonds is 2. The molecule has 0 bridgehead atoms. The Morgan fingerprint density at radius 3 is 2.96 bits per heavy atom. The van der Waals surface area contributed by atoms with Crippen LogP contribution in [0.2, 0.25) is 5.02 Å². The molecule has 0 aliphatic carbocycles. The lowest BCUT2D eigenvalue weighted by molar-refractivity contribution is 0.102. The topological polar surface area (TPSA) is 60.5 Å². The fraction of sp³-hybridized carbons (Fsp3) is 0.158. The molecule has 4 rings (SSSR count). The van der Waals surface area contributed by atoms with Gasteiger partial charge in [-0.2, -0.15) is 0 Å². The van der Waals surface area contributed by atoms with E-state index in [1.54, 1.807) is 24.5 Å². The highest BCUT2D eigenvalue weighted by Crippen LogP contribution is 2.38. The summed E-state index contributed by atoms with van der Waals surface area (Å²) in [5.41, 5.74) is 1.13. The van der Waals surface area contributed by atoms with Crippen molar-refractivity contribution in [2.45, 2.75) is 6.42 Å². The van der Waals surface area contributed by atoms with Gasteiger partial charge in [0.05, 0.1) is 18.2 Å². The number of carbonyl (C=O) groups is 1. The normalized spacial score (nSPS) is 13.3. The van der Waals surface area contributed by atoms with Gasteiger partial charge in [-0.15, -0.1) is 0 Å². The molecule has 0 spiro atoms. The minimum absolute atomic E-state index is 0.262. The lowest BCUT2D eigenvalue weighted by atomic mass is 10.1. The van der Waals surface area contributed by atoms with Crippen molar-refractivity contribution in [3.63, 3.8) is 0 Å². The summed E-state index contributed by atoms with van der Waals surface area (Å²) >= 11 is 6.27. The van der Waals surface area contributed by atoms with E-state index >= 15 is 0 Å². The van der Waals surface area contributed by atoms with Crippen molar-refractivity contribution < 1.29 is 14.3 Å². The minimum atomic E-state index is -0.262. The molecule has 6 heteroatoms. The highest BCUT2D eigenvalue weighted by molar-refractivity contribution is 6.32. The number of aromatic nitrogens is 1. The summed E-state index contributed by atoms with van der Waals surface area (Å²) in [5, 5.41) is 5.17. The van der Waals surface area contributed by atoms with Crippen LogP contribution in [-0.4, -0.2) is 24.1 Å². The number of amides is 1. The molecule has 126 valence electrons. The maximum absolute atomic E-state index is 12.7. The van der Waals surface area contributed by atoms with Crippen molar-refractivity contribution >= 4 is 34.0 Å². The van der Waals surface area contributed by atoms with Gasteiger partial charge in [0, 0.05) is 40.8 Å². The van der Waals surface area contributed by atoms with Gasteiger partial charge in [0.25, 0.3) is 5.91 Å². The maximum atomic E-state index is 12.7. The summed E-state index contributed by atoms with van der Waals surface area (Å²) in [6.45, 7) is 1.08. The van der Waals surface area contributed by atoms with E-state index in [4.69, 9.17) is 21.1 Å². The predicted molar refractivity (Wildman–Crippen MR) is 96.8 cm³/mol. The molecule has 25 heavy (non-hydrogen) atoms. The third-order valence-electron chi connectivity index (χ3n) is 3.99. The van der Waals surface area contributed by atoms with E-state index in [2.05, 4.69) is 10.3 Å². The number of nitrogens with one attached hydrogen (secondary N) is 1. The summed E-state index contributed by atoms with van der Waals surface area (Å²) in [7, 11) is 0. The standard InChI is InChI=1S/C19H15ClN2O3/c20-15-9-13(10-17-18(15)25-8-2-7-24-17)19(23)22-16-4-1-3-12-11-21-6-5-14(12)16/h1,3-6,9-11H,2,7-8H2,(H,22,23). The SMILES string of the molecule is O=C(Nc1cccc2cnccc12)c1cc(Cl)c2c(c1)OCCCO2. The second kappa shape index (κ2) is 6.61. The third kappa shape index (κ3) is 3.10. The van der Waals surface area contributed by atoms with Crippen LogP contribution < -0.4 is 14.8 Å². The molecule has 5 nitrogen and oxygen atoms in total. The lowest BCUT2D eigenvalue weighted by Crippen LogP contribution is -2.12. The molecule has 1 N–H and O–H groups in total. The van der Waals surface area contributed by atoms with Crippen LogP contribution in [0.15, 0.2) is 48.8 Å². The van der Waals surface area contributed by atoms with Crippen LogP contribution in [0.1, 0.15) is 16.8 Å². The number of nitrogens with zero attached hydrogens (tertiary/aromatic N) is 1. The van der Waals surface area contributed by atoms with E-state index < -0.39 is 0 Å². The fourth-order valence-corrected chi connectivity index (χ4v) is 3.05. The van der Waals surface area contributed by atoms with E-state index in [1.165, 1.54) is 0 Å². The molecule has 1 aliphatic rings. The molecule has 1 amide bonds. The van der Waals surface area contributed by atoms with Crippen LogP contribution in [-0.2, 0) is 0 Å². The molecule has 0 unspecified atom stereocenters. The van der Waals surface area contributed by atoms with Crippen molar-refractivity contribution in [1.82, 2.24) is 4.98 Å². The number of pyridine rings is 1. The molecule has 2 heterocycles. The number of benzene rings is 2. The number of ether oxygens (including phenoxy) is 2. The van der Waals surface area contributed by atoms with Gasteiger partial charge in [-0.25, -0.2) is 0 Å². The predicted octanol–water partition coefficient (Wildman–Crippen LogP) is 4.30. The molecule has 0 atom stereocenters. The molecule has 1 aliphatic heterocycles. The van der Waals surface area contributed by atoms with Crippen LogP contribution in [0.3, 0.4) is 0 Å². The summed E-state index contributed by atoms with van der Waals surface area (Å²) in [6, 6.07) is 10.8. The van der Waals surface area contributed by atoms with Crippen molar-refractivity contribution in [3.05, 3.63) is 59.4 Å². The summed E-state index contributed by atoms with van der Waals surface area (Å²) < 4.78 is 11.2. The first-order chi connectivity index (χ1) is 12.2. The number of fused-ring (bicyclic) bond motifs is 2. The third-order valence-corrected chi connectivity index (χ3v) is 4.27. The number of carbonyl (C=O) groups excluding carboxylic acids is 1. The molecule has 0 fully saturated rings. The summed E-state index contributed by atoms with van der Waals surface area (Å²) in [5.74, 6) is 0.728. The second-order valence-corrected chi connectivity index (χ2v) is 6.10. The van der Waals surface area contributed by atoms with Crippen LogP contribution in [0.4, 0.5) is 5.69 Å². The number of hydrogen-bond donors (Lipinski definition) is 1. The Balaban J connectivity index is 1.67. The maximum Gasteiger partial charge on any atom is 0.255 e. The van der Waals surface area contributed by atoms with Crippen LogP contribution in [0, 0.1) is 0 Å². The first-order valence-corrected chi connectivity index (χ1v) is 8.33. The van der Waals surface area contributed by atoms with Gasteiger partial charge in [0.2, 0.25) is 0 Å². The Bertz CT molecular complexity index is 953. The van der Waals surface area contributed by atoms with Crippen molar-refractivity contribution in [2.24, 2.45) is 0 Å². The number of halogens is 1. The molecular formula is C19H15ClN2O3. The van der Waals surface area contributed by atoms with Gasteiger partial charge in [0.1, 0.15) is 0 Å². The van der Waals surface area contributed by atoms with Gasteiger partial charge in [-0.05, 0) is 24.3 Å². The Morgan fingerprint density at radius 2 is 2.04 bits per heavy atom. The monoisotopic (exact) mass is 354 g/mol. The number of hydrogen-bond acceptors (Lipinski definition) is 4. The Kier molecular flexibility index (Phi) is 4.15. The Hall–Kier alpha value is -2.79. The zero-order valence-corrected chi connectivity index (χ0v) is 14.0. The highest BCUT2D eigenvalue weighted by atomic mass is 35.5. The average molecular weight is 355 g/mol. The van der Waals surface area contributed by atoms with E-state index in [0.717, 1.165) is 17.2 Å². The molecular weight excluding hydrogens is 340 g/mol. The minimum Gasteiger partial charge on any atom is -0.489 e. The van der Waals surface area contributed by atoms with Gasteiger partial charge in [-0.1, -0.05) is 23.7 Å². The van der Waals surface area contributed by atoms with Crippen molar-refractivity contribution in [3.8, 4) is 11.5 Å². The molecule has 0 saturated carbocycles. The highest BCUT2D eigenvalue weighted by Gasteiger charge is 2.19. The zero-order valence-electron chi connectivity index (χ0n) is 13.3. The van der Waals surface area contributed by atoms with Crippen LogP contribution in [0.5, 0.6) is 11.5 Å². The quantitative estimate of drug-likeness (QED) is 0.745. The van der Waals surface area contributed by atoms with E-state index in [-0.39, 0.29) is 5.91 Å². The zero-order chi connectivity index (χ0) is 17.2. The number of anilines is 1. The van der Waals surface area contributed by atoms with Gasteiger partial charge in [0.15, 0.2) is 11.5 Å². The molecule has 0 saturated heterocycles. The summed E-state index contributed by atoms with van der Waals surface area (Å²) in [4.78, 5) is 16.8. The molecule has 2 aromatic carbocycles. The van der Waals surface area contributed by atoms with E-state index in [9.17, 15) is 4.79 Å². The lowest BCUT2D eigenvalue weighted by Gasteiger charge is -2.12. The average Bonchev–Trinajstić information content (AvgIpc) is 2.88. The van der Waals surface area contributed by atoms with Gasteiger partial charge < -0.3 is 14.8 Å². The molecule has 3 aromatic rings. The molecule has 1 aromatic heterocycles. The van der Waals surface area contributed by atoms with E-state index in [0.29, 0.717) is 41.0 Å². The van der Waals surface area contributed by atoms with Crippen LogP contribution in [0.25, 0.3) is 10.8 Å². The van der Waals surface area contributed by atoms with Gasteiger partial charge >= 0.3 is 0 Å². The van der Waals surface area contributed by atoms with Crippen molar-refractivity contribution in [1.29, 1.82) is 0 Å².